The van der Waals surface area contributed by atoms with E-state index in [0.29, 0.717) is 31.1 Å². The molecule has 4 heterocycles. The van der Waals surface area contributed by atoms with Gasteiger partial charge in [-0.2, -0.15) is 9.97 Å². The van der Waals surface area contributed by atoms with Crippen LogP contribution in [0.1, 0.15) is 67.3 Å². The molecule has 3 aromatic rings. The van der Waals surface area contributed by atoms with Gasteiger partial charge in [0.15, 0.2) is 5.82 Å². The van der Waals surface area contributed by atoms with Gasteiger partial charge in [-0.05, 0) is 75.7 Å². The Morgan fingerprint density at radius 1 is 1.18 bits per heavy atom. The average Bonchev–Trinajstić information content (AvgIpc) is 3.74. The molecule has 1 aliphatic carbocycles. The highest BCUT2D eigenvalue weighted by Crippen LogP contribution is 2.52. The van der Waals surface area contributed by atoms with E-state index in [9.17, 15) is 9.90 Å². The van der Waals surface area contributed by atoms with E-state index in [2.05, 4.69) is 34.1 Å². The molecular weight excluding hydrogens is 590 g/mol. The lowest BCUT2D eigenvalue weighted by Gasteiger charge is -2.38. The molecule has 1 saturated carbocycles. The highest BCUT2D eigenvalue weighted by molar-refractivity contribution is 6.32. The summed E-state index contributed by atoms with van der Waals surface area (Å²) in [7, 11) is 2.08. The largest absolute Gasteiger partial charge is 0.507 e. The summed E-state index contributed by atoms with van der Waals surface area (Å²) in [6.07, 6.45) is 5.51. The van der Waals surface area contributed by atoms with Gasteiger partial charge < -0.3 is 30.7 Å². The first kappa shape index (κ1) is 29.4. The molecule has 0 spiro atoms. The van der Waals surface area contributed by atoms with Crippen molar-refractivity contribution in [1.82, 2.24) is 20.2 Å². The summed E-state index contributed by atoms with van der Waals surface area (Å²) in [5.74, 6) is -3.15. The summed E-state index contributed by atoms with van der Waals surface area (Å²) in [6.45, 7) is 5.63. The number of primary amides is 1. The van der Waals surface area contributed by atoms with Crippen molar-refractivity contribution in [2.75, 3.05) is 44.7 Å². The van der Waals surface area contributed by atoms with Gasteiger partial charge in [0.2, 0.25) is 0 Å². The van der Waals surface area contributed by atoms with Crippen molar-refractivity contribution in [1.29, 1.82) is 0 Å². The third-order valence-electron chi connectivity index (χ3n) is 9.66. The minimum absolute atomic E-state index is 0.00997. The Morgan fingerprint density at radius 3 is 2.57 bits per heavy atom. The van der Waals surface area contributed by atoms with Crippen LogP contribution in [0.5, 0.6) is 11.8 Å². The fraction of sp³-hybridized carbons (Fsp3) is 0.531. The zero-order valence-electron chi connectivity index (χ0n) is 24.9. The van der Waals surface area contributed by atoms with Crippen LogP contribution in [-0.4, -0.2) is 77.8 Å². The molecule has 3 saturated heterocycles. The van der Waals surface area contributed by atoms with Gasteiger partial charge in [-0.15, -0.1) is 0 Å². The highest BCUT2D eigenvalue weighted by atomic mass is 35.5. The molecular formula is C32H37ClF2N6O3. The number of fused-ring (bicyclic) bond motifs is 3. The van der Waals surface area contributed by atoms with Gasteiger partial charge in [-0.25, -0.2) is 8.78 Å². The summed E-state index contributed by atoms with van der Waals surface area (Å²) in [5.41, 5.74) is 4.81. The number of carbonyl (C=O) groups is 1. The van der Waals surface area contributed by atoms with Crippen molar-refractivity contribution in [3.63, 3.8) is 0 Å². The normalized spacial score (nSPS) is 25.5. The number of aromatic hydroxyl groups is 1. The van der Waals surface area contributed by atoms with Crippen LogP contribution in [0.4, 0.5) is 14.6 Å². The predicted molar refractivity (Wildman–Crippen MR) is 165 cm³/mol. The lowest BCUT2D eigenvalue weighted by molar-refractivity contribution is 0.0660. The number of likely N-dealkylation sites (tertiary alicyclic amines) is 1. The smallest absolute Gasteiger partial charge is 0.319 e. The van der Waals surface area contributed by atoms with Crippen molar-refractivity contribution >= 4 is 34.2 Å². The third kappa shape index (κ3) is 5.22. The van der Waals surface area contributed by atoms with Gasteiger partial charge in [0.1, 0.15) is 22.9 Å². The molecule has 7 rings (SSSR count). The second-order valence-electron chi connectivity index (χ2n) is 13.4. The highest BCUT2D eigenvalue weighted by Gasteiger charge is 2.38. The van der Waals surface area contributed by atoms with Crippen LogP contribution in [0.25, 0.3) is 22.0 Å². The lowest BCUT2D eigenvalue weighted by Crippen LogP contribution is -2.51. The Morgan fingerprint density at radius 2 is 1.91 bits per heavy atom. The van der Waals surface area contributed by atoms with Crippen LogP contribution in [0, 0.1) is 17.0 Å². The van der Waals surface area contributed by atoms with Gasteiger partial charge in [0.05, 0.1) is 17.7 Å². The van der Waals surface area contributed by atoms with Crippen molar-refractivity contribution in [2.24, 2.45) is 11.1 Å². The Labute approximate surface area is 259 Å². The number of aromatic nitrogens is 2. The lowest BCUT2D eigenvalue weighted by atomic mass is 9.83. The summed E-state index contributed by atoms with van der Waals surface area (Å²) in [6, 6.07) is 2.94. The van der Waals surface area contributed by atoms with E-state index in [1.54, 1.807) is 0 Å². The predicted octanol–water partition coefficient (Wildman–Crippen LogP) is 4.96. The number of hydrogen-bond acceptors (Lipinski definition) is 8. The molecule has 12 heteroatoms. The first-order valence-electron chi connectivity index (χ1n) is 15.4. The number of halogens is 3. The minimum Gasteiger partial charge on any atom is -0.507 e. The molecule has 1 amide bonds. The number of nitrogens with zero attached hydrogens (tertiary/aromatic N) is 4. The third-order valence-corrected chi connectivity index (χ3v) is 9.97. The molecule has 4 fully saturated rings. The zero-order chi connectivity index (χ0) is 30.9. The van der Waals surface area contributed by atoms with Gasteiger partial charge in [-0.3, -0.25) is 4.79 Å². The van der Waals surface area contributed by atoms with Gasteiger partial charge in [0.25, 0.3) is 5.91 Å². The molecule has 0 radical (unpaired) electrons. The number of benzene rings is 2. The fourth-order valence-electron chi connectivity index (χ4n) is 7.54. The number of phenols is 1. The average molecular weight is 627 g/mol. The molecule has 2 aromatic carbocycles. The first-order chi connectivity index (χ1) is 21.0. The van der Waals surface area contributed by atoms with Gasteiger partial charge in [-0.1, -0.05) is 18.5 Å². The maximum absolute atomic E-state index is 16.9. The Hall–Kier alpha value is -3.28. The van der Waals surface area contributed by atoms with Crippen LogP contribution >= 0.6 is 11.6 Å². The van der Waals surface area contributed by atoms with E-state index < -0.39 is 28.9 Å². The Bertz CT molecular complexity index is 1660. The monoisotopic (exact) mass is 626 g/mol. The quantitative estimate of drug-likeness (QED) is 0.337. The van der Waals surface area contributed by atoms with Crippen LogP contribution in [-0.2, 0) is 0 Å². The number of piperidine rings is 1. The van der Waals surface area contributed by atoms with Gasteiger partial charge >= 0.3 is 6.01 Å². The maximum Gasteiger partial charge on any atom is 0.319 e. The van der Waals surface area contributed by atoms with E-state index in [1.807, 2.05) is 0 Å². The summed E-state index contributed by atoms with van der Waals surface area (Å²) >= 11 is 6.52. The number of carbonyl (C=O) groups excluding carboxylic acids is 1. The number of piperazine rings is 1. The number of anilines is 1. The fourth-order valence-corrected chi connectivity index (χ4v) is 7.89. The summed E-state index contributed by atoms with van der Waals surface area (Å²) < 4.78 is 39.4. The van der Waals surface area contributed by atoms with E-state index >= 15 is 8.78 Å². The molecule has 0 unspecified atom stereocenters. The van der Waals surface area contributed by atoms with E-state index in [0.717, 1.165) is 51.6 Å². The van der Waals surface area contributed by atoms with Crippen molar-refractivity contribution in [3.8, 4) is 22.9 Å². The number of hydrogen-bond donors (Lipinski definition) is 3. The minimum atomic E-state index is -1.01. The molecule has 1 aromatic heterocycles. The first-order valence-corrected chi connectivity index (χ1v) is 15.8. The van der Waals surface area contributed by atoms with E-state index in [-0.39, 0.29) is 56.5 Å². The molecule has 3 aliphatic heterocycles. The maximum atomic E-state index is 16.9. The van der Waals surface area contributed by atoms with Crippen LogP contribution in [0.2, 0.25) is 5.02 Å². The number of ether oxygens (including phenoxy) is 1. The molecule has 9 nitrogen and oxygen atoms in total. The Kier molecular flexibility index (Phi) is 7.33. The Balaban J connectivity index is 1.41. The number of nitrogens with two attached hydrogens (primary N) is 1. The summed E-state index contributed by atoms with van der Waals surface area (Å²) in [4.78, 5) is 26.2. The number of rotatable bonds is 7. The van der Waals surface area contributed by atoms with Gasteiger partial charge in [0, 0.05) is 53.1 Å². The van der Waals surface area contributed by atoms with Crippen molar-refractivity contribution in [2.45, 2.75) is 63.5 Å². The van der Waals surface area contributed by atoms with Crippen molar-refractivity contribution < 1.29 is 23.4 Å². The van der Waals surface area contributed by atoms with Crippen LogP contribution in [0.15, 0.2) is 12.1 Å². The molecule has 4 N–H and O–H groups in total. The molecule has 44 heavy (non-hydrogen) atoms. The van der Waals surface area contributed by atoms with Crippen LogP contribution in [0.3, 0.4) is 0 Å². The number of nitrogens with one attached hydrogen (secondary N) is 1. The van der Waals surface area contributed by atoms with E-state index in [4.69, 9.17) is 27.1 Å². The zero-order valence-corrected chi connectivity index (χ0v) is 25.7. The molecule has 2 bridgehead atoms. The molecule has 4 aliphatic rings. The molecule has 234 valence electrons. The second kappa shape index (κ2) is 11.0. The standard InChI is InChI=1S/C32H37ClF2N6O3/c1-32(8-3-9-40(2)14-32)15-44-31-38-28-19(30(39-31)41-12-17-6-7-18(13-41)37-17)10-21(34)24(27(28)35)26-23(16-4-5-16)20(33)11-22(42)25(26)29(36)43/h10-11,16-18,37,42H,3-9,12-15H2,1-2H3,(H2,36,43)/t17-,18+,32-/m1/s1. The van der Waals surface area contributed by atoms with Crippen LogP contribution < -0.4 is 20.7 Å². The number of amides is 1. The topological polar surface area (TPSA) is 117 Å². The molecule has 3 atom stereocenters. The second-order valence-corrected chi connectivity index (χ2v) is 13.8. The summed E-state index contributed by atoms with van der Waals surface area (Å²) in [5, 5.41) is 14.6. The van der Waals surface area contributed by atoms with Crippen molar-refractivity contribution in [3.05, 3.63) is 39.9 Å². The SMILES string of the molecule is CN1CCC[C@@](C)(COc2nc(N3C[C@H]4CC[C@@H](C3)N4)c3cc(F)c(-c4c(C(N)=O)c(O)cc(Cl)c4C4CC4)c(F)c3n2)C1. The van der Waals surface area contributed by atoms with E-state index in [1.165, 1.54) is 12.1 Å².